The van der Waals surface area contributed by atoms with Crippen molar-refractivity contribution < 1.29 is 9.53 Å². The van der Waals surface area contributed by atoms with Gasteiger partial charge in [0.1, 0.15) is 5.75 Å². The number of halogens is 1. The molecule has 2 N–H and O–H groups in total. The number of hydrogen-bond donors (Lipinski definition) is 1. The predicted octanol–water partition coefficient (Wildman–Crippen LogP) is 1.62. The fourth-order valence-electron chi connectivity index (χ4n) is 2.29. The van der Waals surface area contributed by atoms with Gasteiger partial charge in [-0.2, -0.15) is 0 Å². The minimum Gasteiger partial charge on any atom is -0.483 e. The molecule has 1 heterocycles. The van der Waals surface area contributed by atoms with Gasteiger partial charge in [0, 0.05) is 42.3 Å². The molecule has 0 unspecified atom stereocenters. The van der Waals surface area contributed by atoms with E-state index < -0.39 is 0 Å². The van der Waals surface area contributed by atoms with Gasteiger partial charge in [-0.25, -0.2) is 0 Å². The van der Waals surface area contributed by atoms with Crippen LogP contribution in [0.3, 0.4) is 0 Å². The Morgan fingerprint density at radius 2 is 2.05 bits per heavy atom. The zero-order chi connectivity index (χ0) is 15.4. The molecule has 0 saturated carbocycles. The number of hydrogen-bond acceptors (Lipinski definition) is 4. The topological polar surface area (TPSA) is 58.8 Å². The number of ether oxygens (including phenoxy) is 1. The lowest BCUT2D eigenvalue weighted by atomic mass is 10.1. The Balaban J connectivity index is 1.95. The van der Waals surface area contributed by atoms with Crippen LogP contribution in [0.25, 0.3) is 0 Å². The molecule has 1 amide bonds. The van der Waals surface area contributed by atoms with Gasteiger partial charge in [0.05, 0.1) is 0 Å². The molecule has 1 aromatic rings. The fraction of sp³-hybridized carbons (Fsp3) is 0.533. The van der Waals surface area contributed by atoms with E-state index in [1.807, 2.05) is 30.0 Å². The van der Waals surface area contributed by atoms with E-state index in [9.17, 15) is 4.79 Å². The van der Waals surface area contributed by atoms with Gasteiger partial charge >= 0.3 is 0 Å². The predicted molar refractivity (Wildman–Crippen MR) is 86.3 cm³/mol. The Hall–Kier alpha value is -1.11. The third-order valence-electron chi connectivity index (χ3n) is 3.67. The number of benzene rings is 1. The van der Waals surface area contributed by atoms with Crippen LogP contribution in [0, 0.1) is 0 Å². The Labute approximate surface area is 134 Å². The highest BCUT2D eigenvalue weighted by Gasteiger charge is 2.20. The summed E-state index contributed by atoms with van der Waals surface area (Å²) in [6.45, 7) is 5.31. The molecule has 6 heteroatoms. The first kappa shape index (κ1) is 16.3. The van der Waals surface area contributed by atoms with Crippen LogP contribution in [-0.2, 0) is 4.79 Å². The van der Waals surface area contributed by atoms with E-state index in [0.29, 0.717) is 5.75 Å². The summed E-state index contributed by atoms with van der Waals surface area (Å²) in [5.41, 5.74) is 6.84. The number of nitrogens with two attached hydrogens (primary N) is 1. The van der Waals surface area contributed by atoms with E-state index in [2.05, 4.69) is 27.9 Å². The minimum atomic E-state index is -0.142. The van der Waals surface area contributed by atoms with Crippen LogP contribution < -0.4 is 10.5 Å². The average Bonchev–Trinajstić information content (AvgIpc) is 2.46. The maximum absolute atomic E-state index is 12.2. The molecule has 1 aromatic carbocycles. The zero-order valence-electron chi connectivity index (χ0n) is 12.5. The van der Waals surface area contributed by atoms with Crippen LogP contribution in [0.15, 0.2) is 22.7 Å². The van der Waals surface area contributed by atoms with Crippen molar-refractivity contribution in [2.45, 2.75) is 13.0 Å². The van der Waals surface area contributed by atoms with Crippen molar-refractivity contribution in [2.75, 3.05) is 39.8 Å². The summed E-state index contributed by atoms with van der Waals surface area (Å²) in [4.78, 5) is 16.2. The molecule has 0 radical (unpaired) electrons. The van der Waals surface area contributed by atoms with E-state index in [-0.39, 0.29) is 18.6 Å². The quantitative estimate of drug-likeness (QED) is 0.891. The highest BCUT2D eigenvalue weighted by Crippen LogP contribution is 2.27. The minimum absolute atomic E-state index is 0.0293. The van der Waals surface area contributed by atoms with Crippen molar-refractivity contribution in [3.8, 4) is 5.75 Å². The van der Waals surface area contributed by atoms with Gasteiger partial charge in [-0.1, -0.05) is 15.9 Å². The van der Waals surface area contributed by atoms with Crippen molar-refractivity contribution in [3.05, 3.63) is 28.2 Å². The van der Waals surface area contributed by atoms with Crippen LogP contribution in [0.4, 0.5) is 0 Å². The van der Waals surface area contributed by atoms with Crippen LogP contribution >= 0.6 is 15.9 Å². The molecule has 5 nitrogen and oxygen atoms in total. The summed E-state index contributed by atoms with van der Waals surface area (Å²) in [5, 5.41) is 0. The molecule has 116 valence electrons. The van der Waals surface area contributed by atoms with E-state index in [1.54, 1.807) is 0 Å². The van der Waals surface area contributed by atoms with Crippen molar-refractivity contribution in [2.24, 2.45) is 5.73 Å². The van der Waals surface area contributed by atoms with Crippen LogP contribution in [-0.4, -0.2) is 55.5 Å². The Bertz CT molecular complexity index is 500. The summed E-state index contributed by atoms with van der Waals surface area (Å²) < 4.78 is 6.64. The second-order valence-electron chi connectivity index (χ2n) is 5.44. The van der Waals surface area contributed by atoms with E-state index in [0.717, 1.165) is 36.2 Å². The van der Waals surface area contributed by atoms with E-state index >= 15 is 0 Å². The first-order valence-electron chi connectivity index (χ1n) is 7.11. The summed E-state index contributed by atoms with van der Waals surface area (Å²) in [5.74, 6) is 0.706. The van der Waals surface area contributed by atoms with Gasteiger partial charge in [0.2, 0.25) is 0 Å². The molecule has 0 aromatic heterocycles. The standard InChI is InChI=1S/C15H22BrN3O2/c1-11(17)13-9-12(16)3-4-14(13)21-10-15(20)19-7-5-18(2)6-8-19/h3-4,9,11H,5-8,10,17H2,1-2H3/t11-/m0/s1. The third kappa shape index (κ3) is 4.43. The summed E-state index contributed by atoms with van der Waals surface area (Å²) >= 11 is 3.42. The third-order valence-corrected chi connectivity index (χ3v) is 4.16. The number of nitrogens with zero attached hydrogens (tertiary/aromatic N) is 2. The van der Waals surface area contributed by atoms with E-state index in [1.165, 1.54) is 0 Å². The lowest BCUT2D eigenvalue weighted by molar-refractivity contribution is -0.134. The van der Waals surface area contributed by atoms with Crippen molar-refractivity contribution in [1.29, 1.82) is 0 Å². The molecule has 2 rings (SSSR count). The Morgan fingerprint density at radius 1 is 1.38 bits per heavy atom. The second-order valence-corrected chi connectivity index (χ2v) is 6.36. The highest BCUT2D eigenvalue weighted by molar-refractivity contribution is 9.10. The van der Waals surface area contributed by atoms with Crippen molar-refractivity contribution in [3.63, 3.8) is 0 Å². The maximum atomic E-state index is 12.2. The molecule has 1 fully saturated rings. The number of rotatable bonds is 4. The largest absolute Gasteiger partial charge is 0.483 e. The number of likely N-dealkylation sites (N-methyl/N-ethyl adjacent to an activating group) is 1. The molecule has 1 aliphatic rings. The summed E-state index contributed by atoms with van der Waals surface area (Å²) in [7, 11) is 2.06. The number of carbonyl (C=O) groups is 1. The fourth-order valence-corrected chi connectivity index (χ4v) is 2.67. The van der Waals surface area contributed by atoms with Gasteiger partial charge in [0.25, 0.3) is 5.91 Å². The van der Waals surface area contributed by atoms with Gasteiger partial charge in [-0.3, -0.25) is 4.79 Å². The molecule has 0 bridgehead atoms. The van der Waals surface area contributed by atoms with Crippen LogP contribution in [0.5, 0.6) is 5.75 Å². The lowest BCUT2D eigenvalue weighted by Crippen LogP contribution is -2.48. The average molecular weight is 356 g/mol. The second kappa shape index (κ2) is 7.24. The first-order valence-corrected chi connectivity index (χ1v) is 7.91. The van der Waals surface area contributed by atoms with Gasteiger partial charge in [-0.05, 0) is 32.2 Å². The Morgan fingerprint density at radius 3 is 2.67 bits per heavy atom. The summed E-state index contributed by atoms with van der Waals surface area (Å²) in [6, 6.07) is 5.53. The molecular weight excluding hydrogens is 334 g/mol. The van der Waals surface area contributed by atoms with Crippen molar-refractivity contribution in [1.82, 2.24) is 9.80 Å². The Kier molecular flexibility index (Phi) is 5.61. The van der Waals surface area contributed by atoms with Gasteiger partial charge < -0.3 is 20.3 Å². The zero-order valence-corrected chi connectivity index (χ0v) is 14.1. The first-order chi connectivity index (χ1) is 9.97. The molecule has 1 aliphatic heterocycles. The van der Waals surface area contributed by atoms with Crippen LogP contribution in [0.2, 0.25) is 0 Å². The van der Waals surface area contributed by atoms with Crippen LogP contribution in [0.1, 0.15) is 18.5 Å². The SMILES string of the molecule is C[C@H](N)c1cc(Br)ccc1OCC(=O)N1CCN(C)CC1. The van der Waals surface area contributed by atoms with Gasteiger partial charge in [-0.15, -0.1) is 0 Å². The normalized spacial score (nSPS) is 17.6. The maximum Gasteiger partial charge on any atom is 0.260 e. The molecule has 0 aliphatic carbocycles. The smallest absolute Gasteiger partial charge is 0.260 e. The van der Waals surface area contributed by atoms with Crippen molar-refractivity contribution >= 4 is 21.8 Å². The molecule has 1 atom stereocenters. The summed E-state index contributed by atoms with van der Waals surface area (Å²) in [6.07, 6.45) is 0. The molecule has 0 spiro atoms. The van der Waals surface area contributed by atoms with E-state index in [4.69, 9.17) is 10.5 Å². The van der Waals surface area contributed by atoms with Gasteiger partial charge in [0.15, 0.2) is 6.61 Å². The molecule has 21 heavy (non-hydrogen) atoms. The molecule has 1 saturated heterocycles. The number of carbonyl (C=O) groups excluding carboxylic acids is 1. The number of piperazine rings is 1. The monoisotopic (exact) mass is 355 g/mol. The molecular formula is C15H22BrN3O2. The lowest BCUT2D eigenvalue weighted by Gasteiger charge is -2.32. The highest BCUT2D eigenvalue weighted by atomic mass is 79.9. The number of amides is 1.